The Balaban J connectivity index is 1.88. The lowest BCUT2D eigenvalue weighted by molar-refractivity contribution is -0.139. The molecule has 0 fully saturated rings. The quantitative estimate of drug-likeness (QED) is 0.325. The zero-order valence-corrected chi connectivity index (χ0v) is 19.7. The molecule has 3 aromatic rings. The van der Waals surface area contributed by atoms with Gasteiger partial charge in [-0.1, -0.05) is 12.1 Å². The highest BCUT2D eigenvalue weighted by Gasteiger charge is 2.25. The van der Waals surface area contributed by atoms with Crippen molar-refractivity contribution >= 4 is 23.6 Å². The molecular weight excluding hydrogens is 472 g/mol. The summed E-state index contributed by atoms with van der Waals surface area (Å²) in [5.41, 5.74) is -0.354. The van der Waals surface area contributed by atoms with Crippen LogP contribution in [0.3, 0.4) is 0 Å². The van der Waals surface area contributed by atoms with Crippen LogP contribution in [0.1, 0.15) is 26.3 Å². The van der Waals surface area contributed by atoms with Gasteiger partial charge in [-0.3, -0.25) is 14.6 Å². The minimum atomic E-state index is -1.41. The van der Waals surface area contributed by atoms with E-state index in [1.54, 1.807) is 30.3 Å². The molecule has 2 amide bonds. The third-order valence-corrected chi connectivity index (χ3v) is 5.14. The first-order valence-corrected chi connectivity index (χ1v) is 10.6. The Bertz CT molecular complexity index is 1320. The van der Waals surface area contributed by atoms with Crippen molar-refractivity contribution in [2.75, 3.05) is 26.6 Å². The van der Waals surface area contributed by atoms with E-state index in [1.165, 1.54) is 33.5 Å². The number of aromatic amines is 1. The number of benzene rings is 2. The molecule has 0 saturated heterocycles. The molecule has 2 aromatic carbocycles. The number of nitrogens with one attached hydrogen (secondary N) is 3. The molecular formula is C24H24N4O8. The van der Waals surface area contributed by atoms with Gasteiger partial charge in [0.25, 0.3) is 11.8 Å². The number of carboxylic acid groups (broad SMARTS) is 1. The predicted octanol–water partition coefficient (Wildman–Crippen LogP) is 1.47. The van der Waals surface area contributed by atoms with E-state index in [2.05, 4.69) is 20.6 Å². The van der Waals surface area contributed by atoms with Crippen molar-refractivity contribution < 1.29 is 33.7 Å². The number of carboxylic acids is 1. The Morgan fingerprint density at radius 3 is 2.28 bits per heavy atom. The van der Waals surface area contributed by atoms with Crippen LogP contribution in [-0.2, 0) is 11.2 Å². The summed E-state index contributed by atoms with van der Waals surface area (Å²) in [4.78, 5) is 55.6. The fraction of sp³-hybridized carbons (Fsp3) is 0.208. The maximum absolute atomic E-state index is 13.1. The second kappa shape index (κ2) is 11.5. The molecule has 0 aliphatic heterocycles. The van der Waals surface area contributed by atoms with Crippen molar-refractivity contribution in [1.82, 2.24) is 15.3 Å². The van der Waals surface area contributed by atoms with Gasteiger partial charge in [0.15, 0.2) is 0 Å². The number of carbonyl (C=O) groups is 3. The van der Waals surface area contributed by atoms with Crippen molar-refractivity contribution in [2.45, 2.75) is 12.5 Å². The Kier molecular flexibility index (Phi) is 8.23. The number of ether oxygens (including phenoxy) is 3. The molecule has 12 nitrogen and oxygen atoms in total. The molecule has 0 spiro atoms. The van der Waals surface area contributed by atoms with Crippen molar-refractivity contribution in [1.29, 1.82) is 0 Å². The highest BCUT2D eigenvalue weighted by molar-refractivity contribution is 6.08. The third kappa shape index (κ3) is 5.97. The minimum absolute atomic E-state index is 0.0622. The Labute approximate surface area is 205 Å². The highest BCUT2D eigenvalue weighted by Crippen LogP contribution is 2.29. The molecule has 1 atom stereocenters. The van der Waals surface area contributed by atoms with Gasteiger partial charge in [0, 0.05) is 23.7 Å². The van der Waals surface area contributed by atoms with E-state index in [0.717, 1.165) is 6.20 Å². The molecule has 188 valence electrons. The number of aliphatic carboxylic acids is 1. The van der Waals surface area contributed by atoms with E-state index in [0.29, 0.717) is 5.75 Å². The summed E-state index contributed by atoms with van der Waals surface area (Å²) in [5, 5.41) is 14.7. The molecule has 0 aliphatic carbocycles. The van der Waals surface area contributed by atoms with E-state index in [9.17, 15) is 24.3 Å². The van der Waals surface area contributed by atoms with E-state index in [-0.39, 0.29) is 40.4 Å². The van der Waals surface area contributed by atoms with Crippen LogP contribution >= 0.6 is 0 Å². The molecule has 0 bridgehead atoms. The SMILES string of the molecule is COc1cccc(C(=O)NC(Cc2cnc(=O)[nH]c2NC(=O)c2c(OC)cccc2OC)C(=O)O)c1. The molecule has 0 radical (unpaired) electrons. The average molecular weight is 496 g/mol. The summed E-state index contributed by atoms with van der Waals surface area (Å²) < 4.78 is 15.6. The number of hydrogen-bond acceptors (Lipinski definition) is 8. The first kappa shape index (κ1) is 25.7. The molecule has 1 heterocycles. The molecule has 0 aliphatic rings. The smallest absolute Gasteiger partial charge is 0.346 e. The van der Waals surface area contributed by atoms with Crippen molar-refractivity contribution in [3.8, 4) is 17.2 Å². The van der Waals surface area contributed by atoms with Gasteiger partial charge in [0.1, 0.15) is 34.7 Å². The Morgan fingerprint density at radius 2 is 1.67 bits per heavy atom. The lowest BCUT2D eigenvalue weighted by Crippen LogP contribution is -2.42. The molecule has 0 saturated carbocycles. The van der Waals surface area contributed by atoms with Gasteiger partial charge in [-0.05, 0) is 30.3 Å². The maximum atomic E-state index is 13.1. The lowest BCUT2D eigenvalue weighted by Gasteiger charge is -2.18. The molecule has 4 N–H and O–H groups in total. The minimum Gasteiger partial charge on any atom is -0.497 e. The average Bonchev–Trinajstić information content (AvgIpc) is 2.88. The van der Waals surface area contributed by atoms with Crippen LogP contribution in [0.2, 0.25) is 0 Å². The van der Waals surface area contributed by atoms with Gasteiger partial charge < -0.3 is 30.0 Å². The zero-order valence-electron chi connectivity index (χ0n) is 19.7. The number of methoxy groups -OCH3 is 3. The van der Waals surface area contributed by atoms with Crippen LogP contribution in [-0.4, -0.2) is 60.2 Å². The Hall–Kier alpha value is -4.87. The summed E-state index contributed by atoms with van der Waals surface area (Å²) >= 11 is 0. The third-order valence-electron chi connectivity index (χ3n) is 5.14. The molecule has 3 rings (SSSR count). The van der Waals surface area contributed by atoms with E-state index in [4.69, 9.17) is 14.2 Å². The standard InChI is InChI=1S/C24H24N4O8/c1-34-15-7-4-6-13(10-15)21(29)26-16(23(31)32)11-14-12-25-24(33)28-20(14)27-22(30)19-17(35-2)8-5-9-18(19)36-3/h4-10,12,16H,11H2,1-3H3,(H,26,29)(H,31,32)(H2,25,27,28,30,33). The van der Waals surface area contributed by atoms with Crippen LogP contribution in [0.25, 0.3) is 0 Å². The van der Waals surface area contributed by atoms with Gasteiger partial charge in [-0.2, -0.15) is 0 Å². The second-order valence-corrected chi connectivity index (χ2v) is 7.38. The van der Waals surface area contributed by atoms with Crippen LogP contribution in [0.5, 0.6) is 17.2 Å². The molecule has 36 heavy (non-hydrogen) atoms. The second-order valence-electron chi connectivity index (χ2n) is 7.38. The number of aromatic nitrogens is 2. The number of hydrogen-bond donors (Lipinski definition) is 4. The van der Waals surface area contributed by atoms with Crippen molar-refractivity contribution in [2.24, 2.45) is 0 Å². The zero-order chi connectivity index (χ0) is 26.2. The first-order valence-electron chi connectivity index (χ1n) is 10.6. The number of anilines is 1. The van der Waals surface area contributed by atoms with Crippen LogP contribution in [0, 0.1) is 0 Å². The van der Waals surface area contributed by atoms with Crippen LogP contribution in [0.15, 0.2) is 53.5 Å². The summed E-state index contributed by atoms with van der Waals surface area (Å²) in [5.74, 6) is -1.88. The number of nitrogens with zero attached hydrogens (tertiary/aromatic N) is 1. The fourth-order valence-corrected chi connectivity index (χ4v) is 3.36. The van der Waals surface area contributed by atoms with Crippen LogP contribution < -0.4 is 30.5 Å². The van der Waals surface area contributed by atoms with Crippen molar-refractivity contribution in [3.63, 3.8) is 0 Å². The predicted molar refractivity (Wildman–Crippen MR) is 128 cm³/mol. The first-order chi connectivity index (χ1) is 17.3. The lowest BCUT2D eigenvalue weighted by atomic mass is 10.1. The van der Waals surface area contributed by atoms with E-state index in [1.807, 2.05) is 0 Å². The number of H-pyrrole nitrogens is 1. The number of rotatable bonds is 10. The summed E-state index contributed by atoms with van der Waals surface area (Å²) in [6.45, 7) is 0. The molecule has 1 unspecified atom stereocenters. The summed E-state index contributed by atoms with van der Waals surface area (Å²) in [6.07, 6.45) is 0.828. The number of carbonyl (C=O) groups excluding carboxylic acids is 2. The van der Waals surface area contributed by atoms with Gasteiger partial charge in [0.05, 0.1) is 21.3 Å². The summed E-state index contributed by atoms with van der Waals surface area (Å²) in [7, 11) is 4.21. The highest BCUT2D eigenvalue weighted by atomic mass is 16.5. The van der Waals surface area contributed by atoms with Crippen molar-refractivity contribution in [3.05, 3.63) is 75.8 Å². The normalized spacial score (nSPS) is 11.2. The molecule has 12 heteroatoms. The van der Waals surface area contributed by atoms with Gasteiger partial charge >= 0.3 is 11.7 Å². The fourth-order valence-electron chi connectivity index (χ4n) is 3.36. The summed E-state index contributed by atoms with van der Waals surface area (Å²) in [6, 6.07) is 9.54. The topological polar surface area (TPSA) is 169 Å². The Morgan fingerprint density at radius 1 is 1.00 bits per heavy atom. The maximum Gasteiger partial charge on any atom is 0.346 e. The van der Waals surface area contributed by atoms with Gasteiger partial charge in [0.2, 0.25) is 0 Å². The van der Waals surface area contributed by atoms with Gasteiger partial charge in [-0.25, -0.2) is 14.6 Å². The van der Waals surface area contributed by atoms with Crippen LogP contribution in [0.4, 0.5) is 5.82 Å². The number of amides is 2. The van der Waals surface area contributed by atoms with Gasteiger partial charge in [-0.15, -0.1) is 0 Å². The monoisotopic (exact) mass is 496 g/mol. The van der Waals surface area contributed by atoms with E-state index < -0.39 is 29.5 Å². The largest absolute Gasteiger partial charge is 0.497 e. The van der Waals surface area contributed by atoms with E-state index >= 15 is 0 Å². The molecule has 1 aromatic heterocycles.